The SMILES string of the molecule is CN(C)CC(=O)N1CCC[C@H]1c1cncc(Oc2ccc(F)cc2)n1. The zero-order valence-electron chi connectivity index (χ0n) is 14.4. The van der Waals surface area contributed by atoms with Crippen LogP contribution in [0.15, 0.2) is 36.7 Å². The van der Waals surface area contributed by atoms with Gasteiger partial charge < -0.3 is 14.5 Å². The number of rotatable bonds is 5. The van der Waals surface area contributed by atoms with E-state index in [1.54, 1.807) is 6.20 Å². The molecule has 2 aromatic rings. The molecule has 0 aliphatic carbocycles. The van der Waals surface area contributed by atoms with Gasteiger partial charge in [-0.05, 0) is 51.2 Å². The van der Waals surface area contributed by atoms with Gasteiger partial charge in [0, 0.05) is 6.54 Å². The average molecular weight is 344 g/mol. The van der Waals surface area contributed by atoms with Crippen molar-refractivity contribution in [1.29, 1.82) is 0 Å². The molecular weight excluding hydrogens is 323 g/mol. The number of likely N-dealkylation sites (tertiary alicyclic amines) is 1. The van der Waals surface area contributed by atoms with E-state index in [0.717, 1.165) is 19.4 Å². The first-order valence-corrected chi connectivity index (χ1v) is 8.22. The van der Waals surface area contributed by atoms with Crippen molar-refractivity contribution in [2.24, 2.45) is 0 Å². The molecule has 0 radical (unpaired) electrons. The summed E-state index contributed by atoms with van der Waals surface area (Å²) >= 11 is 0. The number of benzene rings is 1. The van der Waals surface area contributed by atoms with Crippen molar-refractivity contribution in [3.8, 4) is 11.6 Å². The summed E-state index contributed by atoms with van der Waals surface area (Å²) < 4.78 is 18.6. The Morgan fingerprint density at radius 1 is 1.32 bits per heavy atom. The van der Waals surface area contributed by atoms with Crippen LogP contribution >= 0.6 is 0 Å². The van der Waals surface area contributed by atoms with Gasteiger partial charge in [0.2, 0.25) is 11.8 Å². The molecule has 0 bridgehead atoms. The van der Waals surface area contributed by atoms with E-state index in [-0.39, 0.29) is 17.8 Å². The van der Waals surface area contributed by atoms with Gasteiger partial charge >= 0.3 is 0 Å². The maximum absolute atomic E-state index is 13.0. The molecule has 1 aliphatic heterocycles. The first kappa shape index (κ1) is 17.3. The van der Waals surface area contributed by atoms with Crippen LogP contribution in [0.2, 0.25) is 0 Å². The minimum absolute atomic E-state index is 0.0826. The summed E-state index contributed by atoms with van der Waals surface area (Å²) in [5.74, 6) is 0.572. The average Bonchev–Trinajstić information content (AvgIpc) is 3.06. The third-order valence-corrected chi connectivity index (χ3v) is 4.03. The van der Waals surface area contributed by atoms with E-state index in [9.17, 15) is 9.18 Å². The van der Waals surface area contributed by atoms with Gasteiger partial charge in [0.15, 0.2) is 0 Å². The quantitative estimate of drug-likeness (QED) is 0.834. The molecule has 1 aliphatic rings. The van der Waals surface area contributed by atoms with Crippen LogP contribution in [0.1, 0.15) is 24.6 Å². The van der Waals surface area contributed by atoms with Gasteiger partial charge in [-0.1, -0.05) is 0 Å². The number of ether oxygens (including phenoxy) is 1. The first-order valence-electron chi connectivity index (χ1n) is 8.22. The fourth-order valence-electron chi connectivity index (χ4n) is 2.93. The Morgan fingerprint density at radius 3 is 2.80 bits per heavy atom. The lowest BCUT2D eigenvalue weighted by Crippen LogP contribution is -2.37. The maximum Gasteiger partial charge on any atom is 0.238 e. The molecule has 0 N–H and O–H groups in total. The lowest BCUT2D eigenvalue weighted by molar-refractivity contribution is -0.132. The monoisotopic (exact) mass is 344 g/mol. The van der Waals surface area contributed by atoms with E-state index < -0.39 is 0 Å². The van der Waals surface area contributed by atoms with Crippen molar-refractivity contribution in [3.05, 3.63) is 48.2 Å². The Balaban J connectivity index is 1.76. The molecule has 2 heterocycles. The van der Waals surface area contributed by atoms with Crippen LogP contribution in [0, 0.1) is 5.82 Å². The highest BCUT2D eigenvalue weighted by atomic mass is 19.1. The van der Waals surface area contributed by atoms with Crippen molar-refractivity contribution >= 4 is 5.91 Å². The summed E-state index contributed by atoms with van der Waals surface area (Å²) in [5, 5.41) is 0. The van der Waals surface area contributed by atoms with Crippen LogP contribution in [0.5, 0.6) is 11.6 Å². The number of carbonyl (C=O) groups excluding carboxylic acids is 1. The Labute approximate surface area is 146 Å². The summed E-state index contributed by atoms with van der Waals surface area (Å²) in [6.45, 7) is 1.10. The van der Waals surface area contributed by atoms with E-state index in [1.807, 2.05) is 23.9 Å². The molecule has 25 heavy (non-hydrogen) atoms. The van der Waals surface area contributed by atoms with Crippen LogP contribution < -0.4 is 4.74 Å². The number of hydrogen-bond donors (Lipinski definition) is 0. The molecule has 0 unspecified atom stereocenters. The normalized spacial score (nSPS) is 17.1. The Morgan fingerprint density at radius 2 is 2.08 bits per heavy atom. The van der Waals surface area contributed by atoms with Crippen LogP contribution in [0.4, 0.5) is 4.39 Å². The fourth-order valence-corrected chi connectivity index (χ4v) is 2.93. The van der Waals surface area contributed by atoms with Gasteiger partial charge in [-0.25, -0.2) is 9.37 Å². The highest BCUT2D eigenvalue weighted by Gasteiger charge is 2.31. The van der Waals surface area contributed by atoms with Gasteiger partial charge in [-0.2, -0.15) is 0 Å². The topological polar surface area (TPSA) is 58.6 Å². The molecule has 1 aromatic heterocycles. The number of halogens is 1. The maximum atomic E-state index is 13.0. The number of likely N-dealkylation sites (N-methyl/N-ethyl adjacent to an activating group) is 1. The molecule has 1 aromatic carbocycles. The van der Waals surface area contributed by atoms with Crippen molar-refractivity contribution in [3.63, 3.8) is 0 Å². The zero-order chi connectivity index (χ0) is 17.8. The van der Waals surface area contributed by atoms with E-state index in [0.29, 0.717) is 23.9 Å². The van der Waals surface area contributed by atoms with Crippen LogP contribution in [0.3, 0.4) is 0 Å². The van der Waals surface area contributed by atoms with E-state index in [4.69, 9.17) is 4.74 Å². The molecule has 0 spiro atoms. The Kier molecular flexibility index (Phi) is 5.23. The number of nitrogens with zero attached hydrogens (tertiary/aromatic N) is 4. The highest BCUT2D eigenvalue weighted by molar-refractivity contribution is 5.79. The first-order chi connectivity index (χ1) is 12.0. The van der Waals surface area contributed by atoms with Crippen LogP contribution in [-0.4, -0.2) is 52.9 Å². The fraction of sp³-hybridized carbons (Fsp3) is 0.389. The molecule has 1 atom stereocenters. The Hall–Kier alpha value is -2.54. The highest BCUT2D eigenvalue weighted by Crippen LogP contribution is 2.31. The summed E-state index contributed by atoms with van der Waals surface area (Å²) in [7, 11) is 3.75. The molecule has 3 rings (SSSR count). The molecule has 132 valence electrons. The van der Waals surface area contributed by atoms with Crippen molar-refractivity contribution < 1.29 is 13.9 Å². The predicted molar refractivity (Wildman–Crippen MR) is 90.7 cm³/mol. The predicted octanol–water partition coefficient (Wildman–Crippen LogP) is 2.63. The lowest BCUT2D eigenvalue weighted by atomic mass is 10.1. The van der Waals surface area contributed by atoms with Crippen molar-refractivity contribution in [2.75, 3.05) is 27.2 Å². The summed E-state index contributed by atoms with van der Waals surface area (Å²) in [6, 6.07) is 5.63. The second-order valence-electron chi connectivity index (χ2n) is 6.32. The second kappa shape index (κ2) is 7.57. The van der Waals surface area contributed by atoms with Gasteiger partial charge in [-0.3, -0.25) is 9.78 Å². The van der Waals surface area contributed by atoms with E-state index >= 15 is 0 Å². The van der Waals surface area contributed by atoms with Crippen LogP contribution in [-0.2, 0) is 4.79 Å². The molecule has 1 amide bonds. The van der Waals surface area contributed by atoms with Gasteiger partial charge in [0.1, 0.15) is 11.6 Å². The molecule has 1 saturated heterocycles. The molecule has 1 fully saturated rings. The Bertz CT molecular complexity index is 736. The molecule has 7 heteroatoms. The molecular formula is C18H21FN4O2. The third-order valence-electron chi connectivity index (χ3n) is 4.03. The van der Waals surface area contributed by atoms with Gasteiger partial charge in [0.25, 0.3) is 0 Å². The lowest BCUT2D eigenvalue weighted by Gasteiger charge is -2.25. The van der Waals surface area contributed by atoms with Crippen molar-refractivity contribution in [2.45, 2.75) is 18.9 Å². The minimum atomic E-state index is -0.326. The number of hydrogen-bond acceptors (Lipinski definition) is 5. The van der Waals surface area contributed by atoms with E-state index in [1.165, 1.54) is 30.5 Å². The standard InChI is InChI=1S/C18H21FN4O2/c1-22(2)12-18(24)23-9-3-4-16(23)15-10-20-11-17(21-15)25-14-7-5-13(19)6-8-14/h5-8,10-11,16H,3-4,9,12H2,1-2H3/t16-/m0/s1. The zero-order valence-corrected chi connectivity index (χ0v) is 14.4. The third kappa shape index (κ3) is 4.30. The number of aromatic nitrogens is 2. The van der Waals surface area contributed by atoms with Gasteiger partial charge in [0.05, 0.1) is 30.7 Å². The minimum Gasteiger partial charge on any atom is -0.437 e. The smallest absolute Gasteiger partial charge is 0.238 e. The van der Waals surface area contributed by atoms with Crippen LogP contribution in [0.25, 0.3) is 0 Å². The van der Waals surface area contributed by atoms with Crippen molar-refractivity contribution in [1.82, 2.24) is 19.8 Å². The van der Waals surface area contributed by atoms with E-state index in [2.05, 4.69) is 9.97 Å². The summed E-state index contributed by atoms with van der Waals surface area (Å²) in [6.07, 6.45) is 4.97. The van der Waals surface area contributed by atoms with Gasteiger partial charge in [-0.15, -0.1) is 0 Å². The second-order valence-corrected chi connectivity index (χ2v) is 6.32. The summed E-state index contributed by atoms with van der Waals surface area (Å²) in [5.41, 5.74) is 0.712. The number of amides is 1. The molecule has 6 nitrogen and oxygen atoms in total. The largest absolute Gasteiger partial charge is 0.437 e. The number of carbonyl (C=O) groups is 1. The summed E-state index contributed by atoms with van der Waals surface area (Å²) in [4.78, 5) is 24.8. The molecule has 0 saturated carbocycles.